The van der Waals surface area contributed by atoms with Gasteiger partial charge >= 0.3 is 5.97 Å². The highest BCUT2D eigenvalue weighted by Crippen LogP contribution is 2.05. The number of hydrogen-bond donors (Lipinski definition) is 2. The third-order valence-corrected chi connectivity index (χ3v) is 1.71. The molecule has 0 aromatic carbocycles. The maximum absolute atomic E-state index is 11.4. The normalized spacial score (nSPS) is 12.1. The van der Waals surface area contributed by atoms with E-state index in [4.69, 9.17) is 5.11 Å². The van der Waals surface area contributed by atoms with Gasteiger partial charge in [-0.1, -0.05) is 5.16 Å². The first-order chi connectivity index (χ1) is 6.52. The lowest BCUT2D eigenvalue weighted by atomic mass is 10.2. The monoisotopic (exact) mass is 198 g/mol. The van der Waals surface area contributed by atoms with Crippen molar-refractivity contribution in [3.63, 3.8) is 0 Å². The molecule has 1 aromatic rings. The first kappa shape index (κ1) is 10.2. The Balaban J connectivity index is 2.69. The fourth-order valence-electron chi connectivity index (χ4n) is 0.853. The van der Waals surface area contributed by atoms with Crippen molar-refractivity contribution in [3.8, 4) is 0 Å². The summed E-state index contributed by atoms with van der Waals surface area (Å²) in [5.74, 6) is -1.23. The number of hydrogen-bond acceptors (Lipinski definition) is 4. The molecule has 0 unspecified atom stereocenters. The summed E-state index contributed by atoms with van der Waals surface area (Å²) in [5, 5.41) is 14.2. The Morgan fingerprint density at radius 2 is 2.29 bits per heavy atom. The van der Waals surface area contributed by atoms with E-state index >= 15 is 0 Å². The molecule has 0 saturated carbocycles. The zero-order chi connectivity index (χ0) is 10.7. The van der Waals surface area contributed by atoms with Crippen molar-refractivity contribution < 1.29 is 19.2 Å². The van der Waals surface area contributed by atoms with Crippen LogP contribution in [0.4, 0.5) is 0 Å². The maximum atomic E-state index is 11.4. The van der Waals surface area contributed by atoms with Gasteiger partial charge in [0.25, 0.3) is 5.91 Å². The number of aromatic nitrogens is 1. The number of carboxylic acid groups (broad SMARTS) is 1. The van der Waals surface area contributed by atoms with E-state index in [1.165, 1.54) is 13.1 Å². The minimum absolute atomic E-state index is 0.248. The smallest absolute Gasteiger partial charge is 0.325 e. The summed E-state index contributed by atoms with van der Waals surface area (Å²) < 4.78 is 4.67. The second-order valence-corrected chi connectivity index (χ2v) is 2.83. The molecule has 0 radical (unpaired) electrons. The van der Waals surface area contributed by atoms with Gasteiger partial charge in [-0.3, -0.25) is 9.59 Å². The molecule has 0 fully saturated rings. The van der Waals surface area contributed by atoms with Crippen LogP contribution in [-0.4, -0.2) is 28.2 Å². The highest BCUT2D eigenvalue weighted by molar-refractivity contribution is 5.96. The number of carbonyl (C=O) groups excluding carboxylic acids is 1. The topological polar surface area (TPSA) is 92.4 Å². The van der Waals surface area contributed by atoms with Crippen molar-refractivity contribution in [2.24, 2.45) is 0 Å². The van der Waals surface area contributed by atoms with E-state index in [1.54, 1.807) is 6.92 Å². The fourth-order valence-corrected chi connectivity index (χ4v) is 0.853. The molecular weight excluding hydrogens is 188 g/mol. The SMILES string of the molecule is Cc1oncc1C(=O)N[C@H](C)C(=O)O. The zero-order valence-electron chi connectivity index (χ0n) is 7.77. The Morgan fingerprint density at radius 1 is 1.64 bits per heavy atom. The molecule has 6 nitrogen and oxygen atoms in total. The van der Waals surface area contributed by atoms with Gasteiger partial charge in [0.05, 0.1) is 6.20 Å². The van der Waals surface area contributed by atoms with Crippen LogP contribution in [0.5, 0.6) is 0 Å². The molecule has 0 aliphatic carbocycles. The van der Waals surface area contributed by atoms with E-state index < -0.39 is 17.9 Å². The van der Waals surface area contributed by atoms with Crippen LogP contribution in [0, 0.1) is 6.92 Å². The molecule has 1 atom stereocenters. The quantitative estimate of drug-likeness (QED) is 0.723. The first-order valence-corrected chi connectivity index (χ1v) is 3.97. The Kier molecular flexibility index (Phi) is 2.85. The molecule has 1 rings (SSSR count). The Bertz CT molecular complexity index is 358. The number of rotatable bonds is 3. The number of aryl methyl sites for hydroxylation is 1. The van der Waals surface area contributed by atoms with Crippen molar-refractivity contribution in [2.75, 3.05) is 0 Å². The summed E-state index contributed by atoms with van der Waals surface area (Å²) in [6.45, 7) is 2.95. The van der Waals surface area contributed by atoms with Crippen LogP contribution in [0.2, 0.25) is 0 Å². The zero-order valence-corrected chi connectivity index (χ0v) is 7.77. The molecule has 6 heteroatoms. The van der Waals surface area contributed by atoms with Gasteiger partial charge < -0.3 is 14.9 Å². The minimum Gasteiger partial charge on any atom is -0.480 e. The average Bonchev–Trinajstić information content (AvgIpc) is 2.51. The molecule has 1 heterocycles. The van der Waals surface area contributed by atoms with E-state index in [-0.39, 0.29) is 5.56 Å². The van der Waals surface area contributed by atoms with Gasteiger partial charge in [-0.15, -0.1) is 0 Å². The molecule has 0 aliphatic heterocycles. The molecule has 2 N–H and O–H groups in total. The Hall–Kier alpha value is -1.85. The number of carboxylic acids is 1. The molecule has 1 aromatic heterocycles. The third kappa shape index (κ3) is 2.09. The Morgan fingerprint density at radius 3 is 2.71 bits per heavy atom. The molecule has 0 aliphatic rings. The van der Waals surface area contributed by atoms with Gasteiger partial charge in [0.2, 0.25) is 0 Å². The van der Waals surface area contributed by atoms with E-state index in [0.29, 0.717) is 5.76 Å². The maximum Gasteiger partial charge on any atom is 0.325 e. The molecular formula is C8H10N2O4. The van der Waals surface area contributed by atoms with E-state index in [0.717, 1.165) is 0 Å². The number of aliphatic carboxylic acids is 1. The molecule has 0 spiro atoms. The van der Waals surface area contributed by atoms with Crippen molar-refractivity contribution >= 4 is 11.9 Å². The Labute approximate surface area is 79.9 Å². The summed E-state index contributed by atoms with van der Waals surface area (Å²) >= 11 is 0. The highest BCUT2D eigenvalue weighted by Gasteiger charge is 2.18. The van der Waals surface area contributed by atoms with E-state index in [9.17, 15) is 9.59 Å². The second-order valence-electron chi connectivity index (χ2n) is 2.83. The van der Waals surface area contributed by atoms with E-state index in [1.807, 2.05) is 0 Å². The van der Waals surface area contributed by atoms with E-state index in [2.05, 4.69) is 15.0 Å². The van der Waals surface area contributed by atoms with Gasteiger partial charge in [-0.05, 0) is 13.8 Å². The van der Waals surface area contributed by atoms with Crippen LogP contribution >= 0.6 is 0 Å². The van der Waals surface area contributed by atoms with Crippen LogP contribution in [0.25, 0.3) is 0 Å². The lowest BCUT2D eigenvalue weighted by molar-refractivity contribution is -0.138. The molecule has 1 amide bonds. The average molecular weight is 198 g/mol. The van der Waals surface area contributed by atoms with Gasteiger partial charge in [0.15, 0.2) is 0 Å². The highest BCUT2D eigenvalue weighted by atomic mass is 16.5. The minimum atomic E-state index is -1.09. The number of nitrogens with one attached hydrogen (secondary N) is 1. The van der Waals surface area contributed by atoms with Gasteiger partial charge in [-0.2, -0.15) is 0 Å². The van der Waals surface area contributed by atoms with Crippen molar-refractivity contribution in [3.05, 3.63) is 17.5 Å². The van der Waals surface area contributed by atoms with Crippen LogP contribution < -0.4 is 5.32 Å². The van der Waals surface area contributed by atoms with Crippen LogP contribution in [0.1, 0.15) is 23.0 Å². The second kappa shape index (κ2) is 3.91. The van der Waals surface area contributed by atoms with Crippen LogP contribution in [0.15, 0.2) is 10.7 Å². The standard InChI is InChI=1S/C8H10N2O4/c1-4(8(12)13)10-7(11)6-3-9-14-5(6)2/h3-4H,1-2H3,(H,10,11)(H,12,13)/t4-/m1/s1. The van der Waals surface area contributed by atoms with Crippen molar-refractivity contribution in [1.29, 1.82) is 0 Å². The lowest BCUT2D eigenvalue weighted by Crippen LogP contribution is -2.38. The largest absolute Gasteiger partial charge is 0.480 e. The van der Waals surface area contributed by atoms with Crippen LogP contribution in [-0.2, 0) is 4.79 Å². The number of carbonyl (C=O) groups is 2. The summed E-state index contributed by atoms with van der Waals surface area (Å²) in [6.07, 6.45) is 1.25. The van der Waals surface area contributed by atoms with Gasteiger partial charge in [0.1, 0.15) is 17.4 Å². The third-order valence-electron chi connectivity index (χ3n) is 1.71. The molecule has 0 bridgehead atoms. The predicted molar refractivity (Wildman–Crippen MR) is 45.8 cm³/mol. The fraction of sp³-hybridized carbons (Fsp3) is 0.375. The lowest BCUT2D eigenvalue weighted by Gasteiger charge is -2.07. The summed E-state index contributed by atoms with van der Waals surface area (Å²) in [7, 11) is 0. The number of amides is 1. The first-order valence-electron chi connectivity index (χ1n) is 3.97. The summed E-state index contributed by atoms with van der Waals surface area (Å²) in [6, 6.07) is -0.934. The van der Waals surface area contributed by atoms with Crippen LogP contribution in [0.3, 0.4) is 0 Å². The molecule has 14 heavy (non-hydrogen) atoms. The van der Waals surface area contributed by atoms with Crippen molar-refractivity contribution in [1.82, 2.24) is 10.5 Å². The van der Waals surface area contributed by atoms with Gasteiger partial charge in [-0.25, -0.2) is 0 Å². The molecule has 76 valence electrons. The predicted octanol–water partition coefficient (Wildman–Crippen LogP) is 0.186. The van der Waals surface area contributed by atoms with Crippen molar-refractivity contribution in [2.45, 2.75) is 19.9 Å². The summed E-state index contributed by atoms with van der Waals surface area (Å²) in [5.41, 5.74) is 0.248. The molecule has 0 saturated heterocycles. The number of nitrogens with zero attached hydrogens (tertiary/aromatic N) is 1. The van der Waals surface area contributed by atoms with Gasteiger partial charge in [0, 0.05) is 0 Å². The summed E-state index contributed by atoms with van der Waals surface area (Å²) in [4.78, 5) is 21.8.